The van der Waals surface area contributed by atoms with Crippen molar-refractivity contribution in [3.8, 4) is 0 Å². The zero-order valence-electron chi connectivity index (χ0n) is 17.7. The average Bonchev–Trinajstić information content (AvgIpc) is 3.14. The van der Waals surface area contributed by atoms with Gasteiger partial charge >= 0.3 is 6.03 Å². The Labute approximate surface area is 183 Å². The molecule has 1 fully saturated rings. The van der Waals surface area contributed by atoms with Crippen LogP contribution in [-0.4, -0.2) is 50.8 Å². The molecule has 1 unspecified atom stereocenters. The summed E-state index contributed by atoms with van der Waals surface area (Å²) < 4.78 is 26.4. The molecule has 3 rings (SSSR count). The molecule has 8 nitrogen and oxygen atoms in total. The SMILES string of the molecule is CCN(CC)S(=O)(=O)c1ccc(NC(=O)NCC2CC(=O)N(c3ccccc3)C2)cc1. The number of rotatable bonds is 8. The van der Waals surface area contributed by atoms with E-state index in [1.807, 2.05) is 30.3 Å². The Bertz CT molecular complexity index is 1010. The summed E-state index contributed by atoms with van der Waals surface area (Å²) in [5.74, 6) is 0.0726. The molecule has 1 atom stereocenters. The van der Waals surface area contributed by atoms with Gasteiger partial charge in [0, 0.05) is 49.9 Å². The predicted molar refractivity (Wildman–Crippen MR) is 120 cm³/mol. The molecule has 3 amide bonds. The zero-order valence-corrected chi connectivity index (χ0v) is 18.6. The van der Waals surface area contributed by atoms with E-state index in [0.29, 0.717) is 38.3 Å². The molecule has 1 aliphatic heterocycles. The number of amides is 3. The molecule has 1 heterocycles. The lowest BCUT2D eigenvalue weighted by atomic mass is 10.1. The highest BCUT2D eigenvalue weighted by Crippen LogP contribution is 2.24. The van der Waals surface area contributed by atoms with Gasteiger partial charge in [0.2, 0.25) is 15.9 Å². The van der Waals surface area contributed by atoms with Crippen LogP contribution in [0.5, 0.6) is 0 Å². The highest BCUT2D eigenvalue weighted by molar-refractivity contribution is 7.89. The van der Waals surface area contributed by atoms with Gasteiger partial charge in [-0.15, -0.1) is 0 Å². The first-order valence-electron chi connectivity index (χ1n) is 10.4. The van der Waals surface area contributed by atoms with E-state index in [-0.39, 0.29) is 16.7 Å². The minimum absolute atomic E-state index is 0.0278. The summed E-state index contributed by atoms with van der Waals surface area (Å²) in [4.78, 5) is 26.4. The molecule has 0 spiro atoms. The van der Waals surface area contributed by atoms with E-state index in [4.69, 9.17) is 0 Å². The second-order valence-electron chi connectivity index (χ2n) is 7.36. The summed E-state index contributed by atoms with van der Waals surface area (Å²) in [6.07, 6.45) is 0.382. The van der Waals surface area contributed by atoms with Crippen LogP contribution in [0.3, 0.4) is 0 Å². The lowest BCUT2D eigenvalue weighted by molar-refractivity contribution is -0.117. The van der Waals surface area contributed by atoms with Gasteiger partial charge in [-0.3, -0.25) is 4.79 Å². The Balaban J connectivity index is 1.52. The number of hydrogen-bond donors (Lipinski definition) is 2. The van der Waals surface area contributed by atoms with Gasteiger partial charge < -0.3 is 15.5 Å². The number of para-hydroxylation sites is 1. The standard InChI is InChI=1S/C22H28N4O4S/c1-3-25(4-2)31(29,30)20-12-10-18(11-13-20)24-22(28)23-15-17-14-21(27)26(16-17)19-8-6-5-7-9-19/h5-13,17H,3-4,14-16H2,1-2H3,(H2,23,24,28). The Hall–Kier alpha value is -2.91. The number of anilines is 2. The fourth-order valence-corrected chi connectivity index (χ4v) is 5.07. The van der Waals surface area contributed by atoms with Crippen LogP contribution in [0.4, 0.5) is 16.2 Å². The first-order chi connectivity index (χ1) is 14.8. The van der Waals surface area contributed by atoms with E-state index < -0.39 is 16.1 Å². The van der Waals surface area contributed by atoms with Gasteiger partial charge in [-0.05, 0) is 36.4 Å². The third kappa shape index (κ3) is 5.42. The number of carbonyl (C=O) groups excluding carboxylic acids is 2. The topological polar surface area (TPSA) is 98.8 Å². The van der Waals surface area contributed by atoms with E-state index in [1.54, 1.807) is 30.9 Å². The van der Waals surface area contributed by atoms with Crippen molar-refractivity contribution >= 4 is 33.3 Å². The lowest BCUT2D eigenvalue weighted by Gasteiger charge is -2.18. The maximum Gasteiger partial charge on any atom is 0.319 e. The molecule has 2 N–H and O–H groups in total. The van der Waals surface area contributed by atoms with E-state index in [0.717, 1.165) is 5.69 Å². The van der Waals surface area contributed by atoms with Crippen molar-refractivity contribution < 1.29 is 18.0 Å². The molecule has 1 aliphatic rings. The van der Waals surface area contributed by atoms with Crippen LogP contribution in [0.15, 0.2) is 59.5 Å². The predicted octanol–water partition coefficient (Wildman–Crippen LogP) is 2.89. The van der Waals surface area contributed by atoms with Crippen LogP contribution in [0.25, 0.3) is 0 Å². The van der Waals surface area contributed by atoms with Gasteiger partial charge in [0.05, 0.1) is 4.90 Å². The molecule has 1 saturated heterocycles. The molecule has 2 aromatic carbocycles. The molecule has 0 bridgehead atoms. The molecule has 31 heavy (non-hydrogen) atoms. The summed E-state index contributed by atoms with van der Waals surface area (Å²) >= 11 is 0. The summed E-state index contributed by atoms with van der Waals surface area (Å²) in [5, 5.41) is 5.49. The molecular formula is C22H28N4O4S. The summed E-state index contributed by atoms with van der Waals surface area (Å²) in [6, 6.07) is 15.2. The third-order valence-corrected chi connectivity index (χ3v) is 7.34. The zero-order chi connectivity index (χ0) is 22.4. The van der Waals surface area contributed by atoms with Crippen molar-refractivity contribution in [1.29, 1.82) is 0 Å². The van der Waals surface area contributed by atoms with Crippen LogP contribution >= 0.6 is 0 Å². The fraction of sp³-hybridized carbons (Fsp3) is 0.364. The minimum Gasteiger partial charge on any atom is -0.338 e. The van der Waals surface area contributed by atoms with Crippen LogP contribution in [-0.2, 0) is 14.8 Å². The largest absolute Gasteiger partial charge is 0.338 e. The third-order valence-electron chi connectivity index (χ3n) is 5.28. The summed E-state index contributed by atoms with van der Waals surface area (Å²) in [5.41, 5.74) is 1.35. The first kappa shape index (κ1) is 22.8. The molecule has 0 aliphatic carbocycles. The second-order valence-corrected chi connectivity index (χ2v) is 9.30. The first-order valence-corrected chi connectivity index (χ1v) is 11.8. The van der Waals surface area contributed by atoms with Crippen molar-refractivity contribution in [1.82, 2.24) is 9.62 Å². The van der Waals surface area contributed by atoms with Gasteiger partial charge in [0.15, 0.2) is 0 Å². The highest BCUT2D eigenvalue weighted by Gasteiger charge is 2.30. The van der Waals surface area contributed by atoms with Crippen molar-refractivity contribution in [3.63, 3.8) is 0 Å². The van der Waals surface area contributed by atoms with Gasteiger partial charge in [-0.25, -0.2) is 13.2 Å². The van der Waals surface area contributed by atoms with Gasteiger partial charge in [-0.2, -0.15) is 4.31 Å². The molecule has 9 heteroatoms. The van der Waals surface area contributed by atoms with Crippen LogP contribution in [0.2, 0.25) is 0 Å². The summed E-state index contributed by atoms with van der Waals surface area (Å²) in [6.45, 7) is 5.30. The number of hydrogen-bond acceptors (Lipinski definition) is 4. The second kappa shape index (κ2) is 9.93. The smallest absolute Gasteiger partial charge is 0.319 e. The van der Waals surface area contributed by atoms with E-state index in [1.165, 1.54) is 16.4 Å². The Morgan fingerprint density at radius 1 is 1.06 bits per heavy atom. The van der Waals surface area contributed by atoms with E-state index in [9.17, 15) is 18.0 Å². The van der Waals surface area contributed by atoms with Crippen molar-refractivity contribution in [2.24, 2.45) is 5.92 Å². The maximum atomic E-state index is 12.5. The van der Waals surface area contributed by atoms with E-state index in [2.05, 4.69) is 10.6 Å². The molecular weight excluding hydrogens is 416 g/mol. The lowest BCUT2D eigenvalue weighted by Crippen LogP contribution is -2.34. The summed E-state index contributed by atoms with van der Waals surface area (Å²) in [7, 11) is -3.53. The number of carbonyl (C=O) groups is 2. The average molecular weight is 445 g/mol. The molecule has 0 radical (unpaired) electrons. The fourth-order valence-electron chi connectivity index (χ4n) is 3.61. The number of nitrogens with one attached hydrogen (secondary N) is 2. The number of nitrogens with zero attached hydrogens (tertiary/aromatic N) is 2. The number of sulfonamides is 1. The van der Waals surface area contributed by atoms with Gasteiger partial charge in [-0.1, -0.05) is 32.0 Å². The normalized spacial score (nSPS) is 16.5. The monoisotopic (exact) mass is 444 g/mol. The maximum absolute atomic E-state index is 12.5. The van der Waals surface area contributed by atoms with Crippen LogP contribution in [0.1, 0.15) is 20.3 Å². The molecule has 0 aromatic heterocycles. The van der Waals surface area contributed by atoms with Crippen molar-refractivity contribution in [2.45, 2.75) is 25.2 Å². The van der Waals surface area contributed by atoms with Gasteiger partial charge in [0.1, 0.15) is 0 Å². The number of urea groups is 1. The Morgan fingerprint density at radius 2 is 1.71 bits per heavy atom. The Morgan fingerprint density at radius 3 is 2.32 bits per heavy atom. The van der Waals surface area contributed by atoms with Crippen LogP contribution in [0, 0.1) is 5.92 Å². The highest BCUT2D eigenvalue weighted by atomic mass is 32.2. The van der Waals surface area contributed by atoms with Gasteiger partial charge in [0.25, 0.3) is 0 Å². The number of benzene rings is 2. The van der Waals surface area contributed by atoms with Crippen molar-refractivity contribution in [3.05, 3.63) is 54.6 Å². The Kier molecular flexibility index (Phi) is 7.29. The quantitative estimate of drug-likeness (QED) is 0.654. The van der Waals surface area contributed by atoms with Crippen molar-refractivity contribution in [2.75, 3.05) is 36.4 Å². The molecule has 0 saturated carbocycles. The van der Waals surface area contributed by atoms with Crippen LogP contribution < -0.4 is 15.5 Å². The minimum atomic E-state index is -3.53. The molecule has 2 aromatic rings. The molecule has 166 valence electrons. The van der Waals surface area contributed by atoms with E-state index >= 15 is 0 Å².